The molecule has 2 N–H and O–H groups in total. The van der Waals surface area contributed by atoms with Crippen molar-refractivity contribution >= 4 is 28.2 Å². The van der Waals surface area contributed by atoms with E-state index < -0.39 is 0 Å². The molecule has 4 aromatic rings. The van der Waals surface area contributed by atoms with Crippen LogP contribution >= 0.6 is 11.6 Å². The first-order chi connectivity index (χ1) is 14.7. The number of hydrogen-bond acceptors (Lipinski definition) is 3. The van der Waals surface area contributed by atoms with Crippen molar-refractivity contribution in [3.8, 4) is 11.3 Å². The molecule has 0 saturated heterocycles. The minimum absolute atomic E-state index is 0.530. The molecule has 3 aromatic carbocycles. The Morgan fingerprint density at radius 1 is 0.933 bits per heavy atom. The van der Waals surface area contributed by atoms with Crippen molar-refractivity contribution in [1.29, 1.82) is 0 Å². The molecule has 3 nitrogen and oxygen atoms in total. The van der Waals surface area contributed by atoms with Gasteiger partial charge in [-0.1, -0.05) is 60.1 Å². The minimum atomic E-state index is 0.530. The molecule has 1 aliphatic heterocycles. The fourth-order valence-electron chi connectivity index (χ4n) is 4.42. The molecule has 2 heterocycles. The molecule has 0 amide bonds. The zero-order valence-electron chi connectivity index (χ0n) is 16.8. The zero-order chi connectivity index (χ0) is 20.5. The third kappa shape index (κ3) is 3.55. The van der Waals surface area contributed by atoms with Crippen LogP contribution < -0.4 is 10.6 Å². The van der Waals surface area contributed by atoms with Crippen molar-refractivity contribution in [2.24, 2.45) is 5.73 Å². The molecule has 5 rings (SSSR count). The van der Waals surface area contributed by atoms with Crippen molar-refractivity contribution in [3.05, 3.63) is 94.5 Å². The summed E-state index contributed by atoms with van der Waals surface area (Å²) in [6.07, 6.45) is 2.14. The summed E-state index contributed by atoms with van der Waals surface area (Å²) in [7, 11) is 0. The molecule has 0 atom stereocenters. The van der Waals surface area contributed by atoms with Gasteiger partial charge >= 0.3 is 0 Å². The lowest BCUT2D eigenvalue weighted by Crippen LogP contribution is -2.29. The largest absolute Gasteiger partial charge is 0.366 e. The number of halogens is 1. The third-order valence-electron chi connectivity index (χ3n) is 5.86. The lowest BCUT2D eigenvalue weighted by Gasteiger charge is -2.34. The van der Waals surface area contributed by atoms with E-state index in [1.807, 2.05) is 12.1 Å². The Labute approximate surface area is 182 Å². The second-order valence-corrected chi connectivity index (χ2v) is 8.30. The fourth-order valence-corrected chi connectivity index (χ4v) is 4.55. The standard InChI is InChI=1S/C26H24ClN3/c27-21-11-9-20(10-12-21)25-22-7-4-14-30(17-18-5-2-1-3-6-18)26(22)23-15-19(16-28)8-13-24(23)29-25/h1-3,5-6,8-13,15H,4,7,14,16-17,28H2. The summed E-state index contributed by atoms with van der Waals surface area (Å²) in [5.74, 6) is 0. The molecule has 4 heteroatoms. The molecule has 0 saturated carbocycles. The van der Waals surface area contributed by atoms with Gasteiger partial charge in [0.1, 0.15) is 0 Å². The van der Waals surface area contributed by atoms with Crippen LogP contribution in [0.4, 0.5) is 5.69 Å². The first kappa shape index (κ1) is 19.1. The van der Waals surface area contributed by atoms with Gasteiger partial charge in [-0.05, 0) is 48.2 Å². The van der Waals surface area contributed by atoms with Gasteiger partial charge in [-0.25, -0.2) is 4.98 Å². The average molecular weight is 414 g/mol. The maximum absolute atomic E-state index is 6.14. The van der Waals surface area contributed by atoms with Crippen LogP contribution in [0, 0.1) is 0 Å². The van der Waals surface area contributed by atoms with Crippen molar-refractivity contribution in [3.63, 3.8) is 0 Å². The van der Waals surface area contributed by atoms with Gasteiger partial charge in [0.15, 0.2) is 0 Å². The van der Waals surface area contributed by atoms with Crippen LogP contribution in [0.25, 0.3) is 22.2 Å². The number of rotatable bonds is 4. The lowest BCUT2D eigenvalue weighted by molar-refractivity contribution is 0.693. The highest BCUT2D eigenvalue weighted by atomic mass is 35.5. The lowest BCUT2D eigenvalue weighted by atomic mass is 9.92. The number of nitrogens with zero attached hydrogens (tertiary/aromatic N) is 2. The summed E-state index contributed by atoms with van der Waals surface area (Å²) in [5.41, 5.74) is 14.2. The van der Waals surface area contributed by atoms with Crippen molar-refractivity contribution in [2.75, 3.05) is 11.4 Å². The predicted molar refractivity (Wildman–Crippen MR) is 126 cm³/mol. The molecular formula is C26H24ClN3. The summed E-state index contributed by atoms with van der Waals surface area (Å²) in [4.78, 5) is 7.61. The smallest absolute Gasteiger partial charge is 0.0762 e. The number of aromatic nitrogens is 1. The topological polar surface area (TPSA) is 42.1 Å². The monoisotopic (exact) mass is 413 g/mol. The number of fused-ring (bicyclic) bond motifs is 3. The molecule has 1 aromatic heterocycles. The van der Waals surface area contributed by atoms with Gasteiger partial charge in [-0.15, -0.1) is 0 Å². The normalized spacial score (nSPS) is 13.5. The fraction of sp³-hybridized carbons (Fsp3) is 0.192. The van der Waals surface area contributed by atoms with E-state index in [4.69, 9.17) is 22.3 Å². The van der Waals surface area contributed by atoms with Gasteiger partial charge in [0, 0.05) is 41.2 Å². The zero-order valence-corrected chi connectivity index (χ0v) is 17.6. The molecule has 0 bridgehead atoms. The molecule has 0 unspecified atom stereocenters. The summed E-state index contributed by atoms with van der Waals surface area (Å²) in [5, 5.41) is 1.94. The van der Waals surface area contributed by atoms with E-state index in [0.717, 1.165) is 53.3 Å². The Kier molecular flexibility index (Phi) is 5.16. The van der Waals surface area contributed by atoms with E-state index in [-0.39, 0.29) is 0 Å². The number of pyridine rings is 1. The highest BCUT2D eigenvalue weighted by Crippen LogP contribution is 2.40. The van der Waals surface area contributed by atoms with Gasteiger partial charge < -0.3 is 10.6 Å². The van der Waals surface area contributed by atoms with E-state index in [0.29, 0.717) is 6.54 Å². The molecule has 150 valence electrons. The maximum atomic E-state index is 6.14. The Hall–Kier alpha value is -2.88. The second kappa shape index (κ2) is 8.10. The van der Waals surface area contributed by atoms with Crippen LogP contribution in [0.3, 0.4) is 0 Å². The van der Waals surface area contributed by atoms with Crippen LogP contribution in [-0.2, 0) is 19.5 Å². The molecular weight excluding hydrogens is 390 g/mol. The second-order valence-electron chi connectivity index (χ2n) is 7.86. The van der Waals surface area contributed by atoms with E-state index in [1.165, 1.54) is 22.2 Å². The average Bonchev–Trinajstić information content (AvgIpc) is 2.79. The first-order valence-corrected chi connectivity index (χ1v) is 10.8. The summed E-state index contributed by atoms with van der Waals surface area (Å²) in [6, 6.07) is 25.1. The summed E-state index contributed by atoms with van der Waals surface area (Å²) >= 11 is 6.14. The third-order valence-corrected chi connectivity index (χ3v) is 6.11. The Bertz CT molecular complexity index is 1190. The number of benzene rings is 3. The van der Waals surface area contributed by atoms with Crippen LogP contribution in [0.1, 0.15) is 23.1 Å². The number of hydrogen-bond donors (Lipinski definition) is 1. The van der Waals surface area contributed by atoms with Gasteiger partial charge in [0.2, 0.25) is 0 Å². The Morgan fingerprint density at radius 3 is 2.50 bits per heavy atom. The van der Waals surface area contributed by atoms with E-state index in [1.54, 1.807) is 0 Å². The van der Waals surface area contributed by atoms with Crippen molar-refractivity contribution in [2.45, 2.75) is 25.9 Å². The number of nitrogens with two attached hydrogens (primary N) is 1. The molecule has 30 heavy (non-hydrogen) atoms. The van der Waals surface area contributed by atoms with Gasteiger partial charge in [0.05, 0.1) is 16.9 Å². The minimum Gasteiger partial charge on any atom is -0.366 e. The molecule has 0 spiro atoms. The SMILES string of the molecule is NCc1ccc2nc(-c3ccc(Cl)cc3)c3c(c2c1)N(Cc1ccccc1)CCC3. The van der Waals surface area contributed by atoms with Gasteiger partial charge in [-0.3, -0.25) is 0 Å². The number of anilines is 1. The van der Waals surface area contributed by atoms with Crippen LogP contribution in [0.15, 0.2) is 72.8 Å². The molecule has 1 aliphatic rings. The predicted octanol–water partition coefficient (Wildman–Crippen LogP) is 5.97. The maximum Gasteiger partial charge on any atom is 0.0762 e. The Balaban J connectivity index is 1.73. The molecule has 0 radical (unpaired) electrons. The molecule has 0 aliphatic carbocycles. The molecule has 0 fully saturated rings. The highest BCUT2D eigenvalue weighted by Gasteiger charge is 2.24. The van der Waals surface area contributed by atoms with Crippen LogP contribution in [0.5, 0.6) is 0 Å². The highest BCUT2D eigenvalue weighted by molar-refractivity contribution is 6.30. The quantitative estimate of drug-likeness (QED) is 0.448. The van der Waals surface area contributed by atoms with Gasteiger partial charge in [0.25, 0.3) is 0 Å². The summed E-state index contributed by atoms with van der Waals surface area (Å²) in [6.45, 7) is 2.45. The van der Waals surface area contributed by atoms with Crippen molar-refractivity contribution < 1.29 is 0 Å². The van der Waals surface area contributed by atoms with Crippen LogP contribution in [-0.4, -0.2) is 11.5 Å². The van der Waals surface area contributed by atoms with E-state index in [9.17, 15) is 0 Å². The Morgan fingerprint density at radius 2 is 1.73 bits per heavy atom. The summed E-state index contributed by atoms with van der Waals surface area (Å²) < 4.78 is 0. The van der Waals surface area contributed by atoms with Gasteiger partial charge in [-0.2, -0.15) is 0 Å². The first-order valence-electron chi connectivity index (χ1n) is 10.4. The van der Waals surface area contributed by atoms with E-state index >= 15 is 0 Å². The van der Waals surface area contributed by atoms with Crippen molar-refractivity contribution in [1.82, 2.24) is 4.98 Å². The van der Waals surface area contributed by atoms with E-state index in [2.05, 4.69) is 65.6 Å². The van der Waals surface area contributed by atoms with Crippen LogP contribution in [0.2, 0.25) is 5.02 Å².